The summed E-state index contributed by atoms with van der Waals surface area (Å²) in [5.41, 5.74) is 8.35. The van der Waals surface area contributed by atoms with Gasteiger partial charge in [-0.05, 0) is 59.2 Å². The van der Waals surface area contributed by atoms with Crippen molar-refractivity contribution < 1.29 is 6.85 Å². The molecule has 262 valence electrons. The maximum absolute atomic E-state index is 8.92. The van der Waals surface area contributed by atoms with Gasteiger partial charge in [0, 0.05) is 58.9 Å². The Morgan fingerprint density at radius 3 is 1.70 bits per heavy atom. The molecule has 0 atom stereocenters. The molecule has 0 unspecified atom stereocenters. The number of thiophene rings is 1. The van der Waals surface area contributed by atoms with Gasteiger partial charge in [-0.15, -0.1) is 11.3 Å². The van der Waals surface area contributed by atoms with Crippen molar-refractivity contribution in [2.75, 3.05) is 0 Å². The van der Waals surface area contributed by atoms with E-state index in [2.05, 4.69) is 83.4 Å². The average molecular weight is 738 g/mol. The Labute approximate surface area is 334 Å². The van der Waals surface area contributed by atoms with Crippen LogP contribution in [-0.4, -0.2) is 19.5 Å². The largest absolute Gasteiger partial charge is 0.309 e. The van der Waals surface area contributed by atoms with Crippen LogP contribution < -0.4 is 0 Å². The highest BCUT2D eigenvalue weighted by Gasteiger charge is 2.18. The normalized spacial score (nSPS) is 12.8. The SMILES string of the molecule is [2H]c1c([2H])c([2H])c(-c2cc(-c3ccccc3)cc3c2sc2cc(-c4nc(-c5ccccc5)nc(-c5cccc(-n6c7ccccc7c7ccccc76)c5)n4)ccc23)c([2H])c1[2H]. The highest BCUT2D eigenvalue weighted by molar-refractivity contribution is 7.26. The minimum Gasteiger partial charge on any atom is -0.309 e. The van der Waals surface area contributed by atoms with Crippen LogP contribution in [0.3, 0.4) is 0 Å². The van der Waals surface area contributed by atoms with Gasteiger partial charge in [-0.3, -0.25) is 0 Å². The number of fused-ring (bicyclic) bond motifs is 6. The summed E-state index contributed by atoms with van der Waals surface area (Å²) in [6, 6.07) is 53.7. The third-order valence-electron chi connectivity index (χ3n) is 10.3. The third kappa shape index (κ3) is 5.48. The van der Waals surface area contributed by atoms with E-state index in [0.717, 1.165) is 64.7 Å². The zero-order valence-corrected chi connectivity index (χ0v) is 30.6. The summed E-state index contributed by atoms with van der Waals surface area (Å²) in [6.45, 7) is 0. The van der Waals surface area contributed by atoms with Gasteiger partial charge >= 0.3 is 0 Å². The van der Waals surface area contributed by atoms with Crippen LogP contribution >= 0.6 is 11.3 Å². The van der Waals surface area contributed by atoms with Crippen molar-refractivity contribution in [1.82, 2.24) is 19.5 Å². The first-order valence-electron chi connectivity index (χ1n) is 20.9. The van der Waals surface area contributed by atoms with Gasteiger partial charge in [0.2, 0.25) is 0 Å². The van der Waals surface area contributed by atoms with Gasteiger partial charge < -0.3 is 4.57 Å². The predicted octanol–water partition coefficient (Wildman–Crippen LogP) is 13.7. The fourth-order valence-electron chi connectivity index (χ4n) is 7.72. The molecule has 3 heterocycles. The lowest BCUT2D eigenvalue weighted by Crippen LogP contribution is -2.01. The number of rotatable bonds is 6. The Balaban J connectivity index is 1.10. The number of nitrogens with zero attached hydrogens (tertiary/aromatic N) is 4. The molecule has 0 aliphatic rings. The van der Waals surface area contributed by atoms with Crippen molar-refractivity contribution in [1.29, 1.82) is 0 Å². The Morgan fingerprint density at radius 1 is 0.411 bits per heavy atom. The van der Waals surface area contributed by atoms with E-state index >= 15 is 0 Å². The fourth-order valence-corrected chi connectivity index (χ4v) is 8.96. The Hall–Kier alpha value is -7.21. The van der Waals surface area contributed by atoms with Crippen LogP contribution in [0.25, 0.3) is 104 Å². The Kier molecular flexibility index (Phi) is 6.49. The highest BCUT2D eigenvalue weighted by Crippen LogP contribution is 2.44. The topological polar surface area (TPSA) is 43.6 Å². The van der Waals surface area contributed by atoms with Crippen LogP contribution in [0.2, 0.25) is 0 Å². The average Bonchev–Trinajstić information content (AvgIpc) is 3.86. The van der Waals surface area contributed by atoms with Crippen molar-refractivity contribution in [3.63, 3.8) is 0 Å². The molecule has 0 spiro atoms. The van der Waals surface area contributed by atoms with E-state index in [4.69, 9.17) is 21.8 Å². The van der Waals surface area contributed by atoms with Crippen LogP contribution in [0.5, 0.6) is 0 Å². The van der Waals surface area contributed by atoms with Crippen molar-refractivity contribution in [3.05, 3.63) is 194 Å². The Morgan fingerprint density at radius 2 is 1.00 bits per heavy atom. The molecule has 5 heteroatoms. The molecule has 0 aliphatic heterocycles. The van der Waals surface area contributed by atoms with Crippen molar-refractivity contribution in [3.8, 4) is 62.1 Å². The number of hydrogen-bond acceptors (Lipinski definition) is 4. The summed E-state index contributed by atoms with van der Waals surface area (Å²) in [5.74, 6) is 1.61. The first-order chi connectivity index (χ1) is 29.8. The lowest BCUT2D eigenvalue weighted by Gasteiger charge is -2.11. The summed E-state index contributed by atoms with van der Waals surface area (Å²) >= 11 is 1.52. The molecule has 56 heavy (non-hydrogen) atoms. The van der Waals surface area contributed by atoms with Crippen LogP contribution in [0.15, 0.2) is 194 Å². The molecule has 4 nitrogen and oxygen atoms in total. The smallest absolute Gasteiger partial charge is 0.164 e. The zero-order chi connectivity index (χ0) is 41.4. The summed E-state index contributed by atoms with van der Waals surface area (Å²) in [4.78, 5) is 15.2. The first-order valence-corrected chi connectivity index (χ1v) is 19.2. The van der Waals surface area contributed by atoms with E-state index < -0.39 is 6.04 Å². The molecule has 0 radical (unpaired) electrons. The van der Waals surface area contributed by atoms with Gasteiger partial charge in [0.05, 0.1) is 17.9 Å². The maximum Gasteiger partial charge on any atom is 0.164 e. The quantitative estimate of drug-likeness (QED) is 0.171. The van der Waals surface area contributed by atoms with Gasteiger partial charge in [0.15, 0.2) is 17.5 Å². The molecule has 11 aromatic rings. The van der Waals surface area contributed by atoms with Crippen LogP contribution in [0.1, 0.15) is 6.85 Å². The van der Waals surface area contributed by atoms with Crippen LogP contribution in [0.4, 0.5) is 0 Å². The molecule has 0 bridgehead atoms. The van der Waals surface area contributed by atoms with Crippen molar-refractivity contribution >= 4 is 53.3 Å². The molecular weight excluding hydrogens is 701 g/mol. The molecule has 3 aromatic heterocycles. The molecule has 0 fully saturated rings. The fraction of sp³-hybridized carbons (Fsp3) is 0. The summed E-state index contributed by atoms with van der Waals surface area (Å²) < 4.78 is 47.1. The van der Waals surface area contributed by atoms with E-state index in [0.29, 0.717) is 23.0 Å². The molecule has 0 saturated heterocycles. The van der Waals surface area contributed by atoms with Gasteiger partial charge in [-0.2, -0.15) is 0 Å². The molecular formula is C51H32N4S. The number of aromatic nitrogens is 4. The third-order valence-corrected chi connectivity index (χ3v) is 11.5. The van der Waals surface area contributed by atoms with Gasteiger partial charge in [-0.1, -0.05) is 152 Å². The van der Waals surface area contributed by atoms with Gasteiger partial charge in [0.1, 0.15) is 0 Å². The standard InChI is InChI=1S/C51H32N4S/c1-4-15-33(16-5-1)38-30-43(34-17-6-2-7-18-34)48-44(31-38)42-28-27-37(32-47(42)56-48)51-53-49(35-19-8-3-9-20-35)52-50(54-51)36-21-14-22-39(29-36)55-45-25-12-10-23-40(45)41-24-11-13-26-46(41)55/h1-32H/i2D,6D,7D,17D,18D. The summed E-state index contributed by atoms with van der Waals surface area (Å²) in [5, 5.41) is 4.28. The minimum absolute atomic E-state index is 0.179. The summed E-state index contributed by atoms with van der Waals surface area (Å²) in [7, 11) is 0. The lowest BCUT2D eigenvalue weighted by atomic mass is 9.96. The molecule has 0 aliphatic carbocycles. The van der Waals surface area contributed by atoms with E-state index in [-0.39, 0.29) is 29.7 Å². The number of benzene rings is 8. The van der Waals surface area contributed by atoms with Gasteiger partial charge in [-0.25, -0.2) is 15.0 Å². The second-order valence-electron chi connectivity index (χ2n) is 13.7. The van der Waals surface area contributed by atoms with E-state index in [9.17, 15) is 0 Å². The lowest BCUT2D eigenvalue weighted by molar-refractivity contribution is 1.07. The van der Waals surface area contributed by atoms with Crippen molar-refractivity contribution in [2.45, 2.75) is 0 Å². The van der Waals surface area contributed by atoms with E-state index in [1.807, 2.05) is 84.9 Å². The molecule has 11 rings (SSSR count). The minimum atomic E-state index is -0.416. The summed E-state index contributed by atoms with van der Waals surface area (Å²) in [6.07, 6.45) is 0. The van der Waals surface area contributed by atoms with Crippen LogP contribution in [0, 0.1) is 0 Å². The molecule has 0 amide bonds. The number of para-hydroxylation sites is 2. The molecule has 0 N–H and O–H groups in total. The molecule has 0 saturated carbocycles. The Bertz CT molecular complexity index is 3470. The highest BCUT2D eigenvalue weighted by atomic mass is 32.1. The monoisotopic (exact) mass is 737 g/mol. The van der Waals surface area contributed by atoms with Crippen molar-refractivity contribution in [2.24, 2.45) is 0 Å². The zero-order valence-electron chi connectivity index (χ0n) is 34.8. The maximum atomic E-state index is 8.92. The van der Waals surface area contributed by atoms with E-state index in [1.54, 1.807) is 0 Å². The van der Waals surface area contributed by atoms with Crippen LogP contribution in [-0.2, 0) is 0 Å². The second-order valence-corrected chi connectivity index (χ2v) is 14.7. The van der Waals surface area contributed by atoms with E-state index in [1.165, 1.54) is 22.1 Å². The van der Waals surface area contributed by atoms with Gasteiger partial charge in [0.25, 0.3) is 0 Å². The molecule has 8 aromatic carbocycles. The second kappa shape index (κ2) is 13.3. The predicted molar refractivity (Wildman–Crippen MR) is 234 cm³/mol. The number of hydrogen-bond donors (Lipinski definition) is 0. The first kappa shape index (κ1) is 27.4.